The summed E-state index contributed by atoms with van der Waals surface area (Å²) in [5, 5.41) is 5.01. The monoisotopic (exact) mass is 256 g/mol. The van der Waals surface area contributed by atoms with Gasteiger partial charge in [0.25, 0.3) is 5.91 Å². The average Bonchev–Trinajstić information content (AvgIpc) is 2.27. The second kappa shape index (κ2) is 6.42. The molecule has 0 aliphatic carbocycles. The van der Waals surface area contributed by atoms with Crippen molar-refractivity contribution in [3.8, 4) is 0 Å². The zero-order chi connectivity index (χ0) is 12.8. The van der Waals surface area contributed by atoms with Crippen LogP contribution in [0.2, 0.25) is 5.02 Å². The molecule has 1 amide bonds. The molecule has 0 aliphatic heterocycles. The molecule has 0 unspecified atom stereocenters. The smallest absolute Gasteiger partial charge is 0.267 e. The number of halogens is 1. The molecule has 0 saturated heterocycles. The highest BCUT2D eigenvalue weighted by atomic mass is 35.5. The van der Waals surface area contributed by atoms with Crippen LogP contribution in [-0.2, 0) is 0 Å². The number of carbonyl (C=O) groups excluding carboxylic acids is 1. The van der Waals surface area contributed by atoms with Crippen LogP contribution in [0.15, 0.2) is 12.3 Å². The Hall–Kier alpha value is -1.33. The normalized spacial score (nSPS) is 10.4. The van der Waals surface area contributed by atoms with Gasteiger partial charge in [-0.3, -0.25) is 10.2 Å². The maximum Gasteiger partial charge on any atom is 0.267 e. The number of carbonyl (C=O) groups is 1. The number of rotatable bonds is 5. The first kappa shape index (κ1) is 13.7. The highest BCUT2D eigenvalue weighted by molar-refractivity contribution is 6.33. The predicted octanol–water partition coefficient (Wildman–Crippen LogP) is 1.76. The Bertz CT molecular complexity index is 395. The molecular formula is C11H17ClN4O. The van der Waals surface area contributed by atoms with Gasteiger partial charge in [-0.2, -0.15) is 0 Å². The Labute approximate surface area is 106 Å². The molecule has 6 heteroatoms. The van der Waals surface area contributed by atoms with E-state index in [1.807, 2.05) is 0 Å². The standard InChI is InChI=1S/C11H17ClN4O/c1-4-5-13-10-6-8(9(12)7-14-10)11(17)15-16(2)3/h6-7H,4-5H2,1-3H3,(H,13,14)(H,15,17). The van der Waals surface area contributed by atoms with E-state index in [-0.39, 0.29) is 5.91 Å². The van der Waals surface area contributed by atoms with Gasteiger partial charge in [0.1, 0.15) is 5.82 Å². The highest BCUT2D eigenvalue weighted by Crippen LogP contribution is 2.17. The fraction of sp³-hybridized carbons (Fsp3) is 0.455. The molecular weight excluding hydrogens is 240 g/mol. The quantitative estimate of drug-likeness (QED) is 0.789. The second-order valence-corrected chi connectivity index (χ2v) is 4.22. The van der Waals surface area contributed by atoms with Crippen molar-refractivity contribution in [2.75, 3.05) is 26.0 Å². The van der Waals surface area contributed by atoms with Crippen molar-refractivity contribution in [2.24, 2.45) is 0 Å². The number of amides is 1. The number of nitrogens with one attached hydrogen (secondary N) is 2. The molecule has 2 N–H and O–H groups in total. The summed E-state index contributed by atoms with van der Waals surface area (Å²) < 4.78 is 0. The molecule has 0 aliphatic rings. The topological polar surface area (TPSA) is 57.3 Å². The van der Waals surface area contributed by atoms with Crippen molar-refractivity contribution in [3.05, 3.63) is 22.8 Å². The first-order valence-electron chi connectivity index (χ1n) is 5.42. The third-order valence-electron chi connectivity index (χ3n) is 1.98. The summed E-state index contributed by atoms with van der Waals surface area (Å²) in [4.78, 5) is 15.9. The Morgan fingerprint density at radius 3 is 2.82 bits per heavy atom. The van der Waals surface area contributed by atoms with Crippen molar-refractivity contribution in [3.63, 3.8) is 0 Å². The van der Waals surface area contributed by atoms with Crippen LogP contribution in [-0.4, -0.2) is 36.5 Å². The van der Waals surface area contributed by atoms with E-state index in [1.165, 1.54) is 6.20 Å². The van der Waals surface area contributed by atoms with E-state index in [1.54, 1.807) is 25.2 Å². The molecule has 1 aromatic heterocycles. The summed E-state index contributed by atoms with van der Waals surface area (Å²) in [6, 6.07) is 1.65. The Morgan fingerprint density at radius 2 is 2.24 bits per heavy atom. The number of hydrogen-bond acceptors (Lipinski definition) is 4. The first-order valence-corrected chi connectivity index (χ1v) is 5.80. The van der Waals surface area contributed by atoms with E-state index in [2.05, 4.69) is 22.7 Å². The minimum Gasteiger partial charge on any atom is -0.370 e. The molecule has 0 fully saturated rings. The molecule has 0 atom stereocenters. The minimum absolute atomic E-state index is 0.248. The molecule has 94 valence electrons. The summed E-state index contributed by atoms with van der Waals surface area (Å²) in [6.45, 7) is 2.87. The second-order valence-electron chi connectivity index (χ2n) is 3.81. The van der Waals surface area contributed by atoms with Gasteiger partial charge in [0, 0.05) is 26.8 Å². The zero-order valence-electron chi connectivity index (χ0n) is 10.2. The summed E-state index contributed by atoms with van der Waals surface area (Å²) in [7, 11) is 3.48. The maximum atomic E-state index is 11.8. The highest BCUT2D eigenvalue weighted by Gasteiger charge is 2.12. The van der Waals surface area contributed by atoms with E-state index < -0.39 is 0 Å². The SMILES string of the molecule is CCCNc1cc(C(=O)NN(C)C)c(Cl)cn1. The number of aromatic nitrogens is 1. The Balaban J connectivity index is 2.86. The fourth-order valence-electron chi connectivity index (χ4n) is 1.23. The van der Waals surface area contributed by atoms with E-state index in [0.29, 0.717) is 16.4 Å². The van der Waals surface area contributed by atoms with Gasteiger partial charge in [-0.25, -0.2) is 9.99 Å². The average molecular weight is 257 g/mol. The van der Waals surface area contributed by atoms with Crippen LogP contribution >= 0.6 is 11.6 Å². The van der Waals surface area contributed by atoms with Gasteiger partial charge >= 0.3 is 0 Å². The zero-order valence-corrected chi connectivity index (χ0v) is 11.0. The van der Waals surface area contributed by atoms with Crippen molar-refractivity contribution >= 4 is 23.3 Å². The van der Waals surface area contributed by atoms with Crippen molar-refractivity contribution in [1.29, 1.82) is 0 Å². The molecule has 17 heavy (non-hydrogen) atoms. The van der Waals surface area contributed by atoms with Crippen LogP contribution in [0.1, 0.15) is 23.7 Å². The number of hydrazine groups is 1. The van der Waals surface area contributed by atoms with E-state index in [4.69, 9.17) is 11.6 Å². The van der Waals surface area contributed by atoms with Crippen molar-refractivity contribution < 1.29 is 4.79 Å². The summed E-state index contributed by atoms with van der Waals surface area (Å²) in [6.07, 6.45) is 2.47. The number of pyridine rings is 1. The van der Waals surface area contributed by atoms with Crippen LogP contribution in [0, 0.1) is 0 Å². The molecule has 5 nitrogen and oxygen atoms in total. The van der Waals surface area contributed by atoms with Crippen LogP contribution in [0.5, 0.6) is 0 Å². The van der Waals surface area contributed by atoms with Crippen LogP contribution < -0.4 is 10.7 Å². The number of nitrogens with zero attached hydrogens (tertiary/aromatic N) is 2. The molecule has 0 bridgehead atoms. The van der Waals surface area contributed by atoms with Crippen LogP contribution in [0.25, 0.3) is 0 Å². The summed E-state index contributed by atoms with van der Waals surface area (Å²) in [5.74, 6) is 0.405. The third kappa shape index (κ3) is 4.20. The Kier molecular flexibility index (Phi) is 5.18. The largest absolute Gasteiger partial charge is 0.370 e. The lowest BCUT2D eigenvalue weighted by atomic mass is 10.2. The molecule has 0 aromatic carbocycles. The van der Waals surface area contributed by atoms with Gasteiger partial charge in [-0.15, -0.1) is 0 Å². The molecule has 1 aromatic rings. The molecule has 1 rings (SSSR count). The van der Waals surface area contributed by atoms with E-state index >= 15 is 0 Å². The van der Waals surface area contributed by atoms with Crippen molar-refractivity contribution in [1.82, 2.24) is 15.4 Å². The van der Waals surface area contributed by atoms with Crippen LogP contribution in [0.4, 0.5) is 5.82 Å². The summed E-state index contributed by atoms with van der Waals surface area (Å²) in [5.41, 5.74) is 3.05. The van der Waals surface area contributed by atoms with Gasteiger partial charge in [0.05, 0.1) is 10.6 Å². The lowest BCUT2D eigenvalue weighted by Gasteiger charge is -2.13. The summed E-state index contributed by atoms with van der Waals surface area (Å²) >= 11 is 5.94. The lowest BCUT2D eigenvalue weighted by Crippen LogP contribution is -2.36. The fourth-order valence-corrected chi connectivity index (χ4v) is 1.41. The van der Waals surface area contributed by atoms with Gasteiger partial charge in [0.15, 0.2) is 0 Å². The Morgan fingerprint density at radius 1 is 1.53 bits per heavy atom. The number of anilines is 1. The minimum atomic E-state index is -0.248. The van der Waals surface area contributed by atoms with Gasteiger partial charge in [0.2, 0.25) is 0 Å². The lowest BCUT2D eigenvalue weighted by molar-refractivity contribution is 0.0857. The van der Waals surface area contributed by atoms with Crippen molar-refractivity contribution in [2.45, 2.75) is 13.3 Å². The number of hydrogen-bond donors (Lipinski definition) is 2. The van der Waals surface area contributed by atoms with E-state index in [0.717, 1.165) is 13.0 Å². The van der Waals surface area contributed by atoms with Gasteiger partial charge in [-0.1, -0.05) is 18.5 Å². The molecule has 1 heterocycles. The predicted molar refractivity (Wildman–Crippen MR) is 69.2 cm³/mol. The molecule has 0 spiro atoms. The molecule has 0 saturated carbocycles. The molecule has 0 radical (unpaired) electrons. The van der Waals surface area contributed by atoms with E-state index in [9.17, 15) is 4.79 Å². The maximum absolute atomic E-state index is 11.8. The third-order valence-corrected chi connectivity index (χ3v) is 2.28. The van der Waals surface area contributed by atoms with Crippen LogP contribution in [0.3, 0.4) is 0 Å². The van der Waals surface area contributed by atoms with Gasteiger partial charge in [-0.05, 0) is 12.5 Å². The van der Waals surface area contributed by atoms with Gasteiger partial charge < -0.3 is 5.32 Å². The first-order chi connectivity index (χ1) is 8.04.